The minimum absolute atomic E-state index is 0.0215. The predicted molar refractivity (Wildman–Crippen MR) is 140 cm³/mol. The number of sulfone groups is 1. The van der Waals surface area contributed by atoms with Crippen molar-refractivity contribution in [3.05, 3.63) is 95.6 Å². The second-order valence-corrected chi connectivity index (χ2v) is 9.99. The summed E-state index contributed by atoms with van der Waals surface area (Å²) >= 11 is 0. The van der Waals surface area contributed by atoms with Crippen molar-refractivity contribution in [3.8, 4) is 11.1 Å². The van der Waals surface area contributed by atoms with Crippen LogP contribution in [0.2, 0.25) is 0 Å². The topological polar surface area (TPSA) is 105 Å². The third-order valence-electron chi connectivity index (χ3n) is 5.23. The van der Waals surface area contributed by atoms with Crippen LogP contribution in [-0.4, -0.2) is 42.5 Å². The van der Waals surface area contributed by atoms with E-state index < -0.39 is 33.9 Å². The maximum atomic E-state index is 12.8. The van der Waals surface area contributed by atoms with Crippen molar-refractivity contribution < 1.29 is 26.7 Å². The lowest BCUT2D eigenvalue weighted by atomic mass is 10.0. The highest BCUT2D eigenvalue weighted by Crippen LogP contribution is 2.31. The molecule has 0 bridgehead atoms. The Morgan fingerprint density at radius 1 is 0.811 bits per heavy atom. The van der Waals surface area contributed by atoms with Crippen LogP contribution in [-0.2, 0) is 28.3 Å². The lowest BCUT2D eigenvalue weighted by Gasteiger charge is -2.25. The average molecular weight is 534 g/mol. The Bertz CT molecular complexity index is 1280. The molecule has 0 aliphatic heterocycles. The van der Waals surface area contributed by atoms with Crippen molar-refractivity contribution in [1.29, 1.82) is 10.8 Å². The molecule has 0 saturated heterocycles. The van der Waals surface area contributed by atoms with Gasteiger partial charge in [0.1, 0.15) is 24.0 Å². The van der Waals surface area contributed by atoms with Gasteiger partial charge in [0.2, 0.25) is 0 Å². The van der Waals surface area contributed by atoms with Gasteiger partial charge in [0.25, 0.3) is 0 Å². The molecule has 0 radical (unpaired) electrons. The molecule has 3 aromatic rings. The van der Waals surface area contributed by atoms with Crippen molar-refractivity contribution in [2.75, 3.05) is 12.4 Å². The molecule has 0 fully saturated rings. The molecule has 3 aromatic carbocycles. The molecule has 3 N–H and O–H groups in total. The zero-order chi connectivity index (χ0) is 27.6. The molecule has 0 spiro atoms. The Balaban J connectivity index is 0.00000235. The molecule has 0 amide bonds. The fourth-order valence-electron chi connectivity index (χ4n) is 3.44. The van der Waals surface area contributed by atoms with Gasteiger partial charge in [-0.1, -0.05) is 80.6 Å². The minimum Gasteiger partial charge on any atom is -0.388 e. The van der Waals surface area contributed by atoms with E-state index in [1.807, 2.05) is 13.8 Å². The Hall–Kier alpha value is -3.50. The van der Waals surface area contributed by atoms with Gasteiger partial charge in [0, 0.05) is 0 Å². The molecule has 0 heterocycles. The van der Waals surface area contributed by atoms with Gasteiger partial charge in [-0.05, 0) is 34.4 Å². The van der Waals surface area contributed by atoms with Crippen LogP contribution in [0.3, 0.4) is 0 Å². The summed E-state index contributed by atoms with van der Waals surface area (Å²) in [7, 11) is -3.69. The number of amidine groups is 2. The fourth-order valence-corrected chi connectivity index (χ4v) is 4.82. The molecule has 6 nitrogen and oxygen atoms in total. The van der Waals surface area contributed by atoms with E-state index in [0.29, 0.717) is 22.3 Å². The Morgan fingerprint density at radius 3 is 1.81 bits per heavy atom. The van der Waals surface area contributed by atoms with Gasteiger partial charge in [0.15, 0.2) is 9.84 Å². The number of nitrogens with zero attached hydrogens (tertiary/aromatic N) is 1. The summed E-state index contributed by atoms with van der Waals surface area (Å²) in [5, 5.41) is 25.7. The molecule has 0 aromatic heterocycles. The molecular weight excluding hydrogens is 503 g/mol. The summed E-state index contributed by atoms with van der Waals surface area (Å²) in [5.41, 5.74) is 1.74. The van der Waals surface area contributed by atoms with Crippen molar-refractivity contribution in [1.82, 2.24) is 4.90 Å². The van der Waals surface area contributed by atoms with Gasteiger partial charge in [-0.2, -0.15) is 13.2 Å². The van der Waals surface area contributed by atoms with Crippen LogP contribution in [0.1, 0.15) is 30.5 Å². The normalized spacial score (nSPS) is 11.3. The minimum atomic E-state index is -4.41. The zero-order valence-electron chi connectivity index (χ0n) is 20.6. The first-order valence-electron chi connectivity index (χ1n) is 11.5. The van der Waals surface area contributed by atoms with Crippen molar-refractivity contribution in [2.24, 2.45) is 0 Å². The standard InChI is InChI=1S/C25H24F3N3O3S.C2H6/c26-25(27,28)22-12-10-21(11-13-22)20-8-6-18(7-9-20)14-31(23(29)15-32)24(30)17-35(33,34)16-19-4-2-1-3-5-19;1-2/h1-13,29-30,32H,14-17H2;1-2H3. The number of nitrogens with one attached hydrogen (secondary N) is 2. The Labute approximate surface area is 215 Å². The summed E-state index contributed by atoms with van der Waals surface area (Å²) in [5.74, 6) is -1.52. The molecule has 0 saturated carbocycles. The molecule has 37 heavy (non-hydrogen) atoms. The lowest BCUT2D eigenvalue weighted by Crippen LogP contribution is -2.40. The number of halogens is 3. The first-order valence-corrected chi connectivity index (χ1v) is 13.3. The highest BCUT2D eigenvalue weighted by atomic mass is 32.2. The third kappa shape index (κ3) is 8.83. The van der Waals surface area contributed by atoms with Crippen molar-refractivity contribution >= 4 is 21.5 Å². The largest absolute Gasteiger partial charge is 0.416 e. The monoisotopic (exact) mass is 533 g/mol. The van der Waals surface area contributed by atoms with E-state index in [9.17, 15) is 26.7 Å². The average Bonchev–Trinajstić information content (AvgIpc) is 2.88. The van der Waals surface area contributed by atoms with Gasteiger partial charge >= 0.3 is 6.18 Å². The maximum absolute atomic E-state index is 12.8. The van der Waals surface area contributed by atoms with Gasteiger partial charge in [-0.25, -0.2) is 8.42 Å². The fraction of sp³-hybridized carbons (Fsp3) is 0.259. The van der Waals surface area contributed by atoms with E-state index in [-0.39, 0.29) is 24.0 Å². The highest BCUT2D eigenvalue weighted by molar-refractivity contribution is 7.91. The second-order valence-electron chi connectivity index (χ2n) is 7.93. The number of hydrogen-bond acceptors (Lipinski definition) is 5. The number of aliphatic hydroxyl groups excluding tert-OH is 1. The third-order valence-corrected chi connectivity index (χ3v) is 6.71. The van der Waals surface area contributed by atoms with E-state index in [1.165, 1.54) is 12.1 Å². The molecular formula is C27H30F3N3O3S. The highest BCUT2D eigenvalue weighted by Gasteiger charge is 2.30. The molecule has 0 aliphatic carbocycles. The van der Waals surface area contributed by atoms with Crippen LogP contribution in [0, 0.1) is 10.8 Å². The van der Waals surface area contributed by atoms with E-state index in [1.54, 1.807) is 54.6 Å². The van der Waals surface area contributed by atoms with Crippen molar-refractivity contribution in [3.63, 3.8) is 0 Å². The molecule has 0 atom stereocenters. The number of rotatable bonds is 8. The number of aliphatic hydroxyl groups is 1. The number of benzene rings is 3. The number of alkyl halides is 3. The number of hydrogen-bond donors (Lipinski definition) is 3. The van der Waals surface area contributed by atoms with Crippen LogP contribution in [0.25, 0.3) is 11.1 Å². The Kier molecular flexibility index (Phi) is 10.6. The molecule has 198 valence electrons. The van der Waals surface area contributed by atoms with E-state index >= 15 is 0 Å². The first kappa shape index (κ1) is 29.7. The SMILES string of the molecule is CC.N=C(CO)N(Cc1ccc(-c2ccc(C(F)(F)F)cc2)cc1)C(=N)CS(=O)(=O)Cc1ccccc1. The maximum Gasteiger partial charge on any atom is 0.416 e. The molecule has 0 aliphatic rings. The smallest absolute Gasteiger partial charge is 0.388 e. The quantitative estimate of drug-likeness (QED) is 0.253. The van der Waals surface area contributed by atoms with Gasteiger partial charge in [-0.3, -0.25) is 10.8 Å². The summed E-state index contributed by atoms with van der Waals surface area (Å²) < 4.78 is 63.5. The van der Waals surface area contributed by atoms with Crippen LogP contribution in [0.4, 0.5) is 13.2 Å². The lowest BCUT2D eigenvalue weighted by molar-refractivity contribution is -0.137. The van der Waals surface area contributed by atoms with Crippen LogP contribution in [0.15, 0.2) is 78.9 Å². The van der Waals surface area contributed by atoms with E-state index in [4.69, 9.17) is 10.8 Å². The summed E-state index contributed by atoms with van der Waals surface area (Å²) in [6.45, 7) is 3.30. The van der Waals surface area contributed by atoms with Gasteiger partial charge in [-0.15, -0.1) is 0 Å². The zero-order valence-corrected chi connectivity index (χ0v) is 21.4. The van der Waals surface area contributed by atoms with Crippen LogP contribution in [0.5, 0.6) is 0 Å². The van der Waals surface area contributed by atoms with Crippen molar-refractivity contribution in [2.45, 2.75) is 32.3 Å². The second kappa shape index (κ2) is 13.2. The summed E-state index contributed by atoms with van der Waals surface area (Å²) in [6.07, 6.45) is -4.41. The molecule has 10 heteroatoms. The first-order chi connectivity index (χ1) is 17.5. The molecule has 3 rings (SSSR count). The molecule has 0 unspecified atom stereocenters. The van der Waals surface area contributed by atoms with E-state index in [0.717, 1.165) is 17.0 Å². The van der Waals surface area contributed by atoms with Crippen LogP contribution < -0.4 is 0 Å². The van der Waals surface area contributed by atoms with Gasteiger partial charge < -0.3 is 10.0 Å². The summed E-state index contributed by atoms with van der Waals surface area (Å²) in [6, 6.07) is 20.0. The van der Waals surface area contributed by atoms with Crippen LogP contribution >= 0.6 is 0 Å². The van der Waals surface area contributed by atoms with E-state index in [2.05, 4.69) is 0 Å². The Morgan fingerprint density at radius 2 is 1.32 bits per heavy atom. The van der Waals surface area contributed by atoms with Gasteiger partial charge in [0.05, 0.1) is 17.9 Å². The summed E-state index contributed by atoms with van der Waals surface area (Å²) in [4.78, 5) is 1.12. The predicted octanol–water partition coefficient (Wildman–Crippen LogP) is 5.76.